The van der Waals surface area contributed by atoms with E-state index in [2.05, 4.69) is 5.32 Å². The number of carbonyl (C=O) groups excluding carboxylic acids is 2. The average molecular weight is 276 g/mol. The number of benzene rings is 1. The third kappa shape index (κ3) is 4.68. The number of nitrogens with one attached hydrogen (secondary N) is 1. The predicted molar refractivity (Wildman–Crippen MR) is 81.6 cm³/mol. The Labute approximate surface area is 121 Å². The van der Waals surface area contributed by atoms with Gasteiger partial charge in [-0.15, -0.1) is 0 Å². The number of rotatable bonds is 5. The summed E-state index contributed by atoms with van der Waals surface area (Å²) in [5.41, 5.74) is 2.88. The molecule has 0 atom stereocenters. The van der Waals surface area contributed by atoms with E-state index in [1.54, 1.807) is 7.05 Å². The van der Waals surface area contributed by atoms with Crippen LogP contribution in [0.2, 0.25) is 0 Å². The summed E-state index contributed by atoms with van der Waals surface area (Å²) in [6, 6.07) is 5.87. The second kappa shape index (κ2) is 7.08. The molecule has 4 heteroatoms. The quantitative estimate of drug-likeness (QED) is 0.899. The number of aryl methyl sites for hydroxylation is 2. The van der Waals surface area contributed by atoms with Crippen molar-refractivity contribution >= 4 is 17.5 Å². The minimum Gasteiger partial charge on any atom is -0.336 e. The van der Waals surface area contributed by atoms with Gasteiger partial charge in [-0.3, -0.25) is 9.59 Å². The summed E-state index contributed by atoms with van der Waals surface area (Å²) in [5, 5.41) is 2.88. The summed E-state index contributed by atoms with van der Waals surface area (Å²) in [6.07, 6.45) is 0.465. The van der Waals surface area contributed by atoms with Crippen molar-refractivity contribution < 1.29 is 9.59 Å². The highest BCUT2D eigenvalue weighted by molar-refractivity contribution is 5.95. The Morgan fingerprint density at radius 2 is 1.75 bits per heavy atom. The van der Waals surface area contributed by atoms with E-state index in [9.17, 15) is 9.59 Å². The van der Waals surface area contributed by atoms with Crippen LogP contribution in [0.3, 0.4) is 0 Å². The first-order chi connectivity index (χ1) is 9.31. The number of nitrogens with zero attached hydrogens (tertiary/aromatic N) is 1. The molecular formula is C16H24N2O2. The van der Waals surface area contributed by atoms with E-state index >= 15 is 0 Å². The van der Waals surface area contributed by atoms with Crippen molar-refractivity contribution in [3.63, 3.8) is 0 Å². The standard InChI is InChI=1S/C16H24N2O2/c1-11(2)9-15(20)18(5)10-14(19)17-16-12(3)7-6-8-13(16)4/h6-8,11H,9-10H2,1-5H3,(H,17,19). The Balaban J connectivity index is 2.62. The van der Waals surface area contributed by atoms with Crippen LogP contribution in [-0.2, 0) is 9.59 Å². The Morgan fingerprint density at radius 3 is 2.25 bits per heavy atom. The molecule has 0 aliphatic rings. The van der Waals surface area contributed by atoms with E-state index in [1.807, 2.05) is 45.9 Å². The van der Waals surface area contributed by atoms with Gasteiger partial charge in [0.05, 0.1) is 6.54 Å². The van der Waals surface area contributed by atoms with Crippen LogP contribution in [0.5, 0.6) is 0 Å². The van der Waals surface area contributed by atoms with Crippen molar-refractivity contribution in [2.24, 2.45) is 5.92 Å². The molecular weight excluding hydrogens is 252 g/mol. The minimum atomic E-state index is -0.165. The summed E-state index contributed by atoms with van der Waals surface area (Å²) in [7, 11) is 1.66. The molecule has 0 aliphatic carbocycles. The molecule has 0 fully saturated rings. The lowest BCUT2D eigenvalue weighted by molar-refractivity contribution is -0.133. The molecule has 0 spiro atoms. The van der Waals surface area contributed by atoms with E-state index in [1.165, 1.54) is 4.90 Å². The molecule has 0 bridgehead atoms. The highest BCUT2D eigenvalue weighted by Gasteiger charge is 2.15. The van der Waals surface area contributed by atoms with Crippen LogP contribution in [0.4, 0.5) is 5.69 Å². The summed E-state index contributed by atoms with van der Waals surface area (Å²) < 4.78 is 0. The Kier molecular flexibility index (Phi) is 5.74. The molecule has 0 aromatic heterocycles. The molecule has 20 heavy (non-hydrogen) atoms. The van der Waals surface area contributed by atoms with Gasteiger partial charge in [0.1, 0.15) is 0 Å². The highest BCUT2D eigenvalue weighted by Crippen LogP contribution is 2.19. The van der Waals surface area contributed by atoms with Gasteiger partial charge >= 0.3 is 0 Å². The van der Waals surface area contributed by atoms with Crippen LogP contribution >= 0.6 is 0 Å². The number of hydrogen-bond acceptors (Lipinski definition) is 2. The molecule has 0 aliphatic heterocycles. The summed E-state index contributed by atoms with van der Waals surface area (Å²) in [4.78, 5) is 25.3. The zero-order valence-electron chi connectivity index (χ0n) is 13.0. The van der Waals surface area contributed by atoms with Gasteiger partial charge in [0.15, 0.2) is 0 Å². The minimum absolute atomic E-state index is 0.00310. The van der Waals surface area contributed by atoms with E-state index < -0.39 is 0 Å². The van der Waals surface area contributed by atoms with Gasteiger partial charge < -0.3 is 10.2 Å². The summed E-state index contributed by atoms with van der Waals surface area (Å²) in [6.45, 7) is 7.97. The van der Waals surface area contributed by atoms with Crippen molar-refractivity contribution in [3.05, 3.63) is 29.3 Å². The molecule has 0 saturated heterocycles. The van der Waals surface area contributed by atoms with Crippen molar-refractivity contribution in [1.29, 1.82) is 0 Å². The first-order valence-electron chi connectivity index (χ1n) is 6.91. The highest BCUT2D eigenvalue weighted by atomic mass is 16.2. The predicted octanol–water partition coefficient (Wildman–Crippen LogP) is 2.75. The second-order valence-electron chi connectivity index (χ2n) is 5.66. The Hall–Kier alpha value is -1.84. The number of carbonyl (C=O) groups is 2. The molecule has 0 heterocycles. The number of anilines is 1. The smallest absolute Gasteiger partial charge is 0.243 e. The van der Waals surface area contributed by atoms with E-state index in [0.717, 1.165) is 16.8 Å². The second-order valence-corrected chi connectivity index (χ2v) is 5.66. The molecule has 1 aromatic carbocycles. The number of hydrogen-bond donors (Lipinski definition) is 1. The fourth-order valence-electron chi connectivity index (χ4n) is 2.00. The zero-order valence-corrected chi connectivity index (χ0v) is 13.0. The lowest BCUT2D eigenvalue weighted by Crippen LogP contribution is -2.35. The molecule has 2 amide bonds. The molecule has 1 N–H and O–H groups in total. The molecule has 0 saturated carbocycles. The zero-order chi connectivity index (χ0) is 15.3. The van der Waals surface area contributed by atoms with Gasteiger partial charge in [-0.2, -0.15) is 0 Å². The van der Waals surface area contributed by atoms with Crippen LogP contribution < -0.4 is 5.32 Å². The molecule has 4 nitrogen and oxygen atoms in total. The van der Waals surface area contributed by atoms with Crippen LogP contribution in [0.15, 0.2) is 18.2 Å². The van der Waals surface area contributed by atoms with E-state index in [-0.39, 0.29) is 18.4 Å². The largest absolute Gasteiger partial charge is 0.336 e. The van der Waals surface area contributed by atoms with Gasteiger partial charge in [0.25, 0.3) is 0 Å². The third-order valence-electron chi connectivity index (χ3n) is 3.13. The van der Waals surface area contributed by atoms with Gasteiger partial charge in [-0.25, -0.2) is 0 Å². The first kappa shape index (κ1) is 16.2. The number of para-hydroxylation sites is 1. The maximum atomic E-state index is 12.0. The van der Waals surface area contributed by atoms with Crippen LogP contribution in [0.1, 0.15) is 31.4 Å². The Morgan fingerprint density at radius 1 is 1.20 bits per heavy atom. The van der Waals surface area contributed by atoms with Gasteiger partial charge in [-0.05, 0) is 30.9 Å². The molecule has 1 rings (SSSR count). The normalized spacial score (nSPS) is 10.5. The topological polar surface area (TPSA) is 49.4 Å². The average Bonchev–Trinajstić information content (AvgIpc) is 2.33. The van der Waals surface area contributed by atoms with E-state index in [0.29, 0.717) is 12.3 Å². The van der Waals surface area contributed by atoms with Crippen molar-refractivity contribution in [2.75, 3.05) is 18.9 Å². The monoisotopic (exact) mass is 276 g/mol. The molecule has 1 aromatic rings. The SMILES string of the molecule is Cc1cccc(C)c1NC(=O)CN(C)C(=O)CC(C)C. The Bertz CT molecular complexity index is 475. The maximum absolute atomic E-state index is 12.0. The van der Waals surface area contributed by atoms with Gasteiger partial charge in [-0.1, -0.05) is 32.0 Å². The van der Waals surface area contributed by atoms with Crippen molar-refractivity contribution in [1.82, 2.24) is 4.90 Å². The first-order valence-corrected chi connectivity index (χ1v) is 6.91. The van der Waals surface area contributed by atoms with Gasteiger partial charge in [0.2, 0.25) is 11.8 Å². The number of likely N-dealkylation sites (N-methyl/N-ethyl adjacent to an activating group) is 1. The van der Waals surface area contributed by atoms with Crippen molar-refractivity contribution in [3.8, 4) is 0 Å². The third-order valence-corrected chi connectivity index (χ3v) is 3.13. The fraction of sp³-hybridized carbons (Fsp3) is 0.500. The lowest BCUT2D eigenvalue weighted by atomic mass is 10.1. The van der Waals surface area contributed by atoms with E-state index in [4.69, 9.17) is 0 Å². The summed E-state index contributed by atoms with van der Waals surface area (Å²) in [5.74, 6) is 0.130. The molecule has 0 unspecified atom stereocenters. The number of amides is 2. The van der Waals surface area contributed by atoms with Crippen molar-refractivity contribution in [2.45, 2.75) is 34.1 Å². The van der Waals surface area contributed by atoms with Crippen LogP contribution in [0.25, 0.3) is 0 Å². The summed E-state index contributed by atoms with van der Waals surface area (Å²) >= 11 is 0. The molecule has 0 radical (unpaired) electrons. The maximum Gasteiger partial charge on any atom is 0.243 e. The lowest BCUT2D eigenvalue weighted by Gasteiger charge is -2.19. The van der Waals surface area contributed by atoms with Crippen LogP contribution in [0, 0.1) is 19.8 Å². The van der Waals surface area contributed by atoms with Crippen LogP contribution in [-0.4, -0.2) is 30.3 Å². The van der Waals surface area contributed by atoms with Gasteiger partial charge in [0, 0.05) is 19.2 Å². The molecule has 110 valence electrons. The fourth-order valence-corrected chi connectivity index (χ4v) is 2.00.